The molecule has 3 atom stereocenters. The normalized spacial score (nSPS) is 27.0. The molecule has 1 amide bonds. The van der Waals surface area contributed by atoms with Crippen molar-refractivity contribution in [2.75, 3.05) is 19.6 Å². The van der Waals surface area contributed by atoms with E-state index in [1.165, 1.54) is 17.0 Å². The number of sulfonamides is 1. The van der Waals surface area contributed by atoms with E-state index in [9.17, 15) is 27.7 Å². The topological polar surface area (TPSA) is 124 Å². The maximum Gasteiger partial charge on any atom is 0.475 e. The van der Waals surface area contributed by atoms with Gasteiger partial charge in [-0.1, -0.05) is 6.07 Å². The number of rotatable bonds is 4. The zero-order valence-electron chi connectivity index (χ0n) is 14.7. The van der Waals surface area contributed by atoms with E-state index in [2.05, 4.69) is 0 Å². The van der Waals surface area contributed by atoms with Gasteiger partial charge in [0.2, 0.25) is 15.9 Å². The predicted molar refractivity (Wildman–Crippen MR) is 96.2 cm³/mol. The second kappa shape index (κ2) is 7.84. The molecule has 0 spiro atoms. The average Bonchev–Trinajstić information content (AvgIpc) is 3.11. The van der Waals surface area contributed by atoms with Crippen LogP contribution in [0.3, 0.4) is 0 Å². The number of benzene rings is 1. The second-order valence-corrected chi connectivity index (χ2v) is 8.97. The molecule has 0 radical (unpaired) electrons. The van der Waals surface area contributed by atoms with Gasteiger partial charge in [0.05, 0.1) is 16.8 Å². The van der Waals surface area contributed by atoms with Crippen molar-refractivity contribution in [3.05, 3.63) is 30.1 Å². The van der Waals surface area contributed by atoms with E-state index >= 15 is 0 Å². The van der Waals surface area contributed by atoms with Gasteiger partial charge in [-0.15, -0.1) is 0 Å². The lowest BCUT2D eigenvalue weighted by molar-refractivity contribution is -0.137. The maximum absolute atomic E-state index is 13.4. The molecule has 27 heavy (non-hydrogen) atoms. The van der Waals surface area contributed by atoms with Gasteiger partial charge in [0.25, 0.3) is 0 Å². The molecule has 8 nitrogen and oxygen atoms in total. The Hall–Kier alpha value is -1.53. The number of hydrogen-bond acceptors (Lipinski definition) is 6. The van der Waals surface area contributed by atoms with E-state index in [0.29, 0.717) is 19.4 Å². The summed E-state index contributed by atoms with van der Waals surface area (Å²) in [5.74, 6) is -2.53. The van der Waals surface area contributed by atoms with Crippen LogP contribution in [0, 0.1) is 11.7 Å². The molecular weight excluding hydrogens is 376 g/mol. The molecule has 2 aliphatic rings. The highest BCUT2D eigenvalue weighted by atomic mass is 32.2. The summed E-state index contributed by atoms with van der Waals surface area (Å²) in [5, 5.41) is 19.0. The fraction of sp³-hybridized carbons (Fsp3) is 0.562. The molecule has 1 aromatic carbocycles. The summed E-state index contributed by atoms with van der Waals surface area (Å²) in [5.41, 5.74) is 6.08. The zero-order valence-corrected chi connectivity index (χ0v) is 15.6. The molecule has 2 aliphatic heterocycles. The van der Waals surface area contributed by atoms with Crippen LogP contribution in [0.15, 0.2) is 29.2 Å². The van der Waals surface area contributed by atoms with Gasteiger partial charge < -0.3 is 20.7 Å². The maximum atomic E-state index is 13.4. The first-order valence-electron chi connectivity index (χ1n) is 8.89. The summed E-state index contributed by atoms with van der Waals surface area (Å²) in [6.45, 7) is 0.389. The van der Waals surface area contributed by atoms with E-state index in [1.54, 1.807) is 0 Å². The van der Waals surface area contributed by atoms with Crippen LogP contribution >= 0.6 is 0 Å². The minimum atomic E-state index is -3.96. The number of piperidine rings is 1. The Balaban J connectivity index is 1.81. The Kier molecular flexibility index (Phi) is 5.87. The van der Waals surface area contributed by atoms with Crippen LogP contribution in [0.2, 0.25) is 0 Å². The number of likely N-dealkylation sites (tertiary alicyclic amines) is 1. The van der Waals surface area contributed by atoms with Crippen molar-refractivity contribution in [3.8, 4) is 0 Å². The van der Waals surface area contributed by atoms with Gasteiger partial charge in [-0.3, -0.25) is 4.79 Å². The molecule has 2 heterocycles. The van der Waals surface area contributed by atoms with Crippen molar-refractivity contribution in [1.82, 2.24) is 9.21 Å². The summed E-state index contributed by atoms with van der Waals surface area (Å²) < 4.78 is 40.2. The zero-order chi connectivity index (χ0) is 19.8. The Bertz CT molecular complexity index is 809. The van der Waals surface area contributed by atoms with Crippen LogP contribution < -0.4 is 5.73 Å². The Morgan fingerprint density at radius 3 is 2.67 bits per heavy atom. The van der Waals surface area contributed by atoms with E-state index < -0.39 is 40.9 Å². The van der Waals surface area contributed by atoms with Crippen molar-refractivity contribution in [1.29, 1.82) is 0 Å². The number of carbonyl (C=O) groups is 1. The number of carbonyl (C=O) groups excluding carboxylic acids is 1. The number of nitrogens with zero attached hydrogens (tertiary/aromatic N) is 2. The second-order valence-electron chi connectivity index (χ2n) is 7.03. The fourth-order valence-corrected chi connectivity index (χ4v) is 5.30. The van der Waals surface area contributed by atoms with Crippen molar-refractivity contribution in [2.45, 2.75) is 36.1 Å². The highest BCUT2D eigenvalue weighted by molar-refractivity contribution is 7.89. The summed E-state index contributed by atoms with van der Waals surface area (Å²) in [4.78, 5) is 14.1. The molecule has 2 saturated heterocycles. The van der Waals surface area contributed by atoms with Crippen molar-refractivity contribution < 1.29 is 27.7 Å². The first-order valence-corrected chi connectivity index (χ1v) is 10.3. The average molecular weight is 399 g/mol. The standard InChI is InChI=1S/C16H23BFN3O5S/c18-11-3-1-4-12(9-11)27(25,26)20-8-6-14(19)13(10-20)16(22)21-7-2-5-15(21)17(23)24/h1,3-4,9,13-15,23-24H,2,5-8,10,19H2/t13-,14-,15+/m1/s1. The fourth-order valence-electron chi connectivity index (χ4n) is 3.79. The van der Waals surface area contributed by atoms with Crippen LogP contribution in [0.4, 0.5) is 4.39 Å². The van der Waals surface area contributed by atoms with Crippen LogP contribution in [0.25, 0.3) is 0 Å². The lowest BCUT2D eigenvalue weighted by atomic mass is 9.77. The quantitative estimate of drug-likeness (QED) is 0.568. The first kappa shape index (κ1) is 20.2. The first-order chi connectivity index (χ1) is 12.7. The predicted octanol–water partition coefficient (Wildman–Crippen LogP) is -0.833. The number of hydrogen-bond donors (Lipinski definition) is 3. The third kappa shape index (κ3) is 4.02. The van der Waals surface area contributed by atoms with Crippen molar-refractivity contribution in [2.24, 2.45) is 11.7 Å². The molecule has 11 heteroatoms. The lowest BCUT2D eigenvalue weighted by Crippen LogP contribution is -2.57. The van der Waals surface area contributed by atoms with Crippen LogP contribution in [0.1, 0.15) is 19.3 Å². The third-order valence-corrected chi connectivity index (χ3v) is 7.17. The van der Waals surface area contributed by atoms with E-state index in [0.717, 1.165) is 16.4 Å². The molecular formula is C16H23BFN3O5S. The smallest absolute Gasteiger partial charge is 0.426 e. The highest BCUT2D eigenvalue weighted by Gasteiger charge is 2.44. The summed E-state index contributed by atoms with van der Waals surface area (Å²) in [7, 11) is -5.61. The minimum absolute atomic E-state index is 0.121. The molecule has 0 aliphatic carbocycles. The van der Waals surface area contributed by atoms with Crippen molar-refractivity contribution >= 4 is 23.0 Å². The molecule has 0 unspecified atom stereocenters. The molecule has 2 fully saturated rings. The molecule has 148 valence electrons. The summed E-state index contributed by atoms with van der Waals surface area (Å²) in [6.07, 6.45) is 1.39. The molecule has 4 N–H and O–H groups in total. The summed E-state index contributed by atoms with van der Waals surface area (Å²) >= 11 is 0. The van der Waals surface area contributed by atoms with Gasteiger partial charge in [-0.05, 0) is 37.5 Å². The SMILES string of the molecule is N[C@@H]1CCN(S(=O)(=O)c2cccc(F)c2)C[C@H]1C(=O)N1CCC[C@H]1B(O)O. The molecule has 0 saturated carbocycles. The number of halogens is 1. The Morgan fingerprint density at radius 2 is 2.00 bits per heavy atom. The molecule has 1 aromatic rings. The van der Waals surface area contributed by atoms with Gasteiger partial charge in [-0.25, -0.2) is 12.8 Å². The summed E-state index contributed by atoms with van der Waals surface area (Å²) in [6, 6.07) is 4.19. The Labute approximate surface area is 157 Å². The van der Waals surface area contributed by atoms with Gasteiger partial charge in [-0.2, -0.15) is 4.31 Å². The third-order valence-electron chi connectivity index (χ3n) is 5.31. The van der Waals surface area contributed by atoms with Crippen molar-refractivity contribution in [3.63, 3.8) is 0 Å². The van der Waals surface area contributed by atoms with Gasteiger partial charge in [0.1, 0.15) is 5.82 Å². The molecule has 0 aromatic heterocycles. The monoisotopic (exact) mass is 399 g/mol. The van der Waals surface area contributed by atoms with Crippen LogP contribution in [0.5, 0.6) is 0 Å². The number of nitrogens with two attached hydrogens (primary N) is 1. The largest absolute Gasteiger partial charge is 0.475 e. The molecule has 0 bridgehead atoms. The van der Waals surface area contributed by atoms with Crippen LogP contribution in [-0.2, 0) is 14.8 Å². The minimum Gasteiger partial charge on any atom is -0.426 e. The van der Waals surface area contributed by atoms with E-state index in [1.807, 2.05) is 0 Å². The van der Waals surface area contributed by atoms with E-state index in [4.69, 9.17) is 5.73 Å². The highest BCUT2D eigenvalue weighted by Crippen LogP contribution is 2.28. The van der Waals surface area contributed by atoms with Gasteiger partial charge >= 0.3 is 7.12 Å². The van der Waals surface area contributed by atoms with Gasteiger partial charge in [0.15, 0.2) is 0 Å². The van der Waals surface area contributed by atoms with Crippen LogP contribution in [-0.4, -0.2) is 72.3 Å². The van der Waals surface area contributed by atoms with E-state index in [-0.39, 0.29) is 30.3 Å². The van der Waals surface area contributed by atoms with Gasteiger partial charge in [0, 0.05) is 25.7 Å². The Morgan fingerprint density at radius 1 is 1.26 bits per heavy atom. The lowest BCUT2D eigenvalue weighted by Gasteiger charge is -2.38. The molecule has 3 rings (SSSR count). The number of amides is 1.